The van der Waals surface area contributed by atoms with E-state index in [1.807, 2.05) is 0 Å². The first-order valence-electron chi connectivity index (χ1n) is 6.75. The maximum absolute atomic E-state index is 12.3. The van der Waals surface area contributed by atoms with Gasteiger partial charge in [0.15, 0.2) is 5.78 Å². The molecule has 2 amide bonds. The normalized spacial score (nSPS) is 22.1. The van der Waals surface area contributed by atoms with Crippen LogP contribution in [0.25, 0.3) is 0 Å². The minimum Gasteiger partial charge on any atom is -0.376 e. The van der Waals surface area contributed by atoms with Crippen LogP contribution < -0.4 is 0 Å². The van der Waals surface area contributed by atoms with Crippen LogP contribution in [0.4, 0.5) is 0 Å². The van der Waals surface area contributed by atoms with E-state index in [-0.39, 0.29) is 30.6 Å². The Kier molecular flexibility index (Phi) is 3.57. The van der Waals surface area contributed by atoms with Gasteiger partial charge in [0.25, 0.3) is 5.91 Å². The van der Waals surface area contributed by atoms with Gasteiger partial charge in [-0.2, -0.15) is 0 Å². The molecule has 0 aromatic heterocycles. The van der Waals surface area contributed by atoms with Crippen LogP contribution >= 0.6 is 0 Å². The fraction of sp³-hybridized carbons (Fsp3) is 0.400. The standard InChI is InChI=1S/C15H15NO5/c1-16-13(17)7-9-2-3-10(6-11(9)15(16)19)14(18)12-8-20-4-5-21-12/h2-3,6,12H,4-5,7-8H2,1H3. The molecule has 1 aromatic rings. The summed E-state index contributed by atoms with van der Waals surface area (Å²) in [7, 11) is 1.44. The molecule has 1 fully saturated rings. The van der Waals surface area contributed by atoms with Gasteiger partial charge in [0, 0.05) is 18.2 Å². The van der Waals surface area contributed by atoms with Crippen molar-refractivity contribution in [3.05, 3.63) is 34.9 Å². The molecular weight excluding hydrogens is 274 g/mol. The van der Waals surface area contributed by atoms with E-state index in [4.69, 9.17) is 9.47 Å². The number of amides is 2. The Morgan fingerprint density at radius 3 is 2.81 bits per heavy atom. The second-order valence-corrected chi connectivity index (χ2v) is 5.11. The zero-order valence-electron chi connectivity index (χ0n) is 11.6. The molecule has 0 aliphatic carbocycles. The fourth-order valence-corrected chi connectivity index (χ4v) is 2.48. The first-order valence-corrected chi connectivity index (χ1v) is 6.75. The molecule has 3 rings (SSSR count). The Hall–Kier alpha value is -2.05. The van der Waals surface area contributed by atoms with E-state index in [1.165, 1.54) is 7.05 Å². The van der Waals surface area contributed by atoms with Crippen molar-refractivity contribution in [2.75, 3.05) is 26.9 Å². The molecule has 0 radical (unpaired) electrons. The molecule has 6 heteroatoms. The van der Waals surface area contributed by atoms with Crippen molar-refractivity contribution >= 4 is 17.6 Å². The molecule has 2 aliphatic rings. The average molecular weight is 289 g/mol. The van der Waals surface area contributed by atoms with Gasteiger partial charge in [0.05, 0.1) is 26.2 Å². The number of fused-ring (bicyclic) bond motifs is 1. The van der Waals surface area contributed by atoms with Crippen molar-refractivity contribution in [2.24, 2.45) is 0 Å². The molecule has 1 atom stereocenters. The third-order valence-electron chi connectivity index (χ3n) is 3.75. The van der Waals surface area contributed by atoms with Crippen molar-refractivity contribution in [3.63, 3.8) is 0 Å². The molecule has 2 heterocycles. The lowest BCUT2D eigenvalue weighted by Gasteiger charge is -2.25. The molecule has 2 aliphatic heterocycles. The zero-order valence-corrected chi connectivity index (χ0v) is 11.6. The highest BCUT2D eigenvalue weighted by Crippen LogP contribution is 2.22. The van der Waals surface area contributed by atoms with Crippen molar-refractivity contribution in [2.45, 2.75) is 12.5 Å². The van der Waals surface area contributed by atoms with Crippen LogP contribution in [0.2, 0.25) is 0 Å². The van der Waals surface area contributed by atoms with E-state index in [1.54, 1.807) is 18.2 Å². The lowest BCUT2D eigenvalue weighted by atomic mass is 9.94. The van der Waals surface area contributed by atoms with Crippen LogP contribution in [-0.2, 0) is 20.7 Å². The third kappa shape index (κ3) is 2.48. The number of rotatable bonds is 2. The van der Waals surface area contributed by atoms with Gasteiger partial charge in [-0.3, -0.25) is 19.3 Å². The van der Waals surface area contributed by atoms with Crippen molar-refractivity contribution < 1.29 is 23.9 Å². The summed E-state index contributed by atoms with van der Waals surface area (Å²) in [6.07, 6.45) is -0.454. The average Bonchev–Trinajstić information content (AvgIpc) is 2.53. The Balaban J connectivity index is 1.90. The number of likely N-dealkylation sites (N-methyl/N-ethyl adjacent to an activating group) is 1. The molecule has 0 bridgehead atoms. The molecule has 1 unspecified atom stereocenters. The predicted octanol–water partition coefficient (Wildman–Crippen LogP) is 0.439. The van der Waals surface area contributed by atoms with Crippen LogP contribution in [0, 0.1) is 0 Å². The second kappa shape index (κ2) is 5.38. The number of carbonyl (C=O) groups excluding carboxylic acids is 3. The van der Waals surface area contributed by atoms with Crippen molar-refractivity contribution in [1.29, 1.82) is 0 Å². The molecule has 0 spiro atoms. The second-order valence-electron chi connectivity index (χ2n) is 5.11. The minimum absolute atomic E-state index is 0.176. The van der Waals surface area contributed by atoms with Gasteiger partial charge in [0.1, 0.15) is 6.10 Å². The summed E-state index contributed by atoms with van der Waals surface area (Å²) < 4.78 is 10.6. The molecule has 1 aromatic carbocycles. The quantitative estimate of drug-likeness (QED) is 0.583. The number of nitrogens with zero attached hydrogens (tertiary/aromatic N) is 1. The summed E-state index contributed by atoms with van der Waals surface area (Å²) in [4.78, 5) is 37.2. The highest BCUT2D eigenvalue weighted by Gasteiger charge is 2.30. The summed E-state index contributed by atoms with van der Waals surface area (Å²) in [6.45, 7) is 1.10. The minimum atomic E-state index is -0.630. The molecule has 110 valence electrons. The summed E-state index contributed by atoms with van der Waals surface area (Å²) in [5.74, 6) is -0.822. The summed E-state index contributed by atoms with van der Waals surface area (Å²) in [5, 5.41) is 0. The number of benzene rings is 1. The predicted molar refractivity (Wildman–Crippen MR) is 72.1 cm³/mol. The van der Waals surface area contributed by atoms with Crippen LogP contribution in [0.1, 0.15) is 26.3 Å². The number of hydrogen-bond acceptors (Lipinski definition) is 5. The van der Waals surface area contributed by atoms with Crippen molar-refractivity contribution in [3.8, 4) is 0 Å². The molecule has 1 saturated heterocycles. The maximum Gasteiger partial charge on any atom is 0.260 e. The Bertz CT molecular complexity index is 618. The van der Waals surface area contributed by atoms with Gasteiger partial charge in [-0.05, 0) is 11.6 Å². The SMILES string of the molecule is CN1C(=O)Cc2ccc(C(=O)C3COCCO3)cc2C1=O. The molecule has 21 heavy (non-hydrogen) atoms. The number of ether oxygens (including phenoxy) is 2. The first kappa shape index (κ1) is 13.9. The van der Waals surface area contributed by atoms with Gasteiger partial charge >= 0.3 is 0 Å². The largest absolute Gasteiger partial charge is 0.376 e. The van der Waals surface area contributed by atoms with Crippen LogP contribution in [0.5, 0.6) is 0 Å². The van der Waals surface area contributed by atoms with Gasteiger partial charge in [-0.15, -0.1) is 0 Å². The van der Waals surface area contributed by atoms with E-state index >= 15 is 0 Å². The van der Waals surface area contributed by atoms with E-state index in [2.05, 4.69) is 0 Å². The number of hydrogen-bond donors (Lipinski definition) is 0. The van der Waals surface area contributed by atoms with Gasteiger partial charge in [-0.1, -0.05) is 12.1 Å². The third-order valence-corrected chi connectivity index (χ3v) is 3.75. The fourth-order valence-electron chi connectivity index (χ4n) is 2.48. The number of carbonyl (C=O) groups is 3. The number of ketones is 1. The van der Waals surface area contributed by atoms with E-state index in [0.717, 1.165) is 4.90 Å². The van der Waals surface area contributed by atoms with E-state index in [9.17, 15) is 14.4 Å². The Morgan fingerprint density at radius 2 is 2.10 bits per heavy atom. The van der Waals surface area contributed by atoms with E-state index in [0.29, 0.717) is 29.9 Å². The number of imide groups is 1. The summed E-state index contributed by atoms with van der Waals surface area (Å²) in [5.41, 5.74) is 1.46. The monoisotopic (exact) mass is 289 g/mol. The molecular formula is C15H15NO5. The van der Waals surface area contributed by atoms with Gasteiger partial charge < -0.3 is 9.47 Å². The maximum atomic E-state index is 12.3. The van der Waals surface area contributed by atoms with Crippen LogP contribution in [0.15, 0.2) is 18.2 Å². The summed E-state index contributed by atoms with van der Waals surface area (Å²) in [6, 6.07) is 4.83. The zero-order chi connectivity index (χ0) is 15.0. The Labute approximate surface area is 121 Å². The van der Waals surface area contributed by atoms with Gasteiger partial charge in [-0.25, -0.2) is 0 Å². The topological polar surface area (TPSA) is 72.9 Å². The smallest absolute Gasteiger partial charge is 0.260 e. The van der Waals surface area contributed by atoms with Crippen LogP contribution in [0.3, 0.4) is 0 Å². The molecule has 6 nitrogen and oxygen atoms in total. The first-order chi connectivity index (χ1) is 10.1. The highest BCUT2D eigenvalue weighted by atomic mass is 16.6. The van der Waals surface area contributed by atoms with Crippen LogP contribution in [-0.4, -0.2) is 55.5 Å². The summed E-state index contributed by atoms with van der Waals surface area (Å²) >= 11 is 0. The lowest BCUT2D eigenvalue weighted by molar-refractivity contribution is -0.127. The number of Topliss-reactive ketones (excluding diaryl/α,β-unsaturated/α-hetero) is 1. The van der Waals surface area contributed by atoms with Crippen molar-refractivity contribution in [1.82, 2.24) is 4.90 Å². The molecule has 0 N–H and O–H groups in total. The molecule has 0 saturated carbocycles. The lowest BCUT2D eigenvalue weighted by Crippen LogP contribution is -2.39. The van der Waals surface area contributed by atoms with Gasteiger partial charge in [0.2, 0.25) is 5.91 Å². The highest BCUT2D eigenvalue weighted by molar-refractivity contribution is 6.11. The van der Waals surface area contributed by atoms with E-state index < -0.39 is 6.10 Å². The Morgan fingerprint density at radius 1 is 1.29 bits per heavy atom.